The van der Waals surface area contributed by atoms with Gasteiger partial charge in [-0.2, -0.15) is 0 Å². The zero-order valence-corrected chi connectivity index (χ0v) is 6.78. The van der Waals surface area contributed by atoms with Gasteiger partial charge in [-0.05, 0) is 0 Å². The van der Waals surface area contributed by atoms with Crippen LogP contribution < -0.4 is 0 Å². The molecule has 0 aliphatic heterocycles. The molecule has 0 saturated heterocycles. The van der Waals surface area contributed by atoms with Crippen LogP contribution in [0.5, 0.6) is 0 Å². The van der Waals surface area contributed by atoms with Gasteiger partial charge in [-0.1, -0.05) is 0 Å². The van der Waals surface area contributed by atoms with Crippen molar-refractivity contribution in [3.8, 4) is 0 Å². The summed E-state index contributed by atoms with van der Waals surface area (Å²) in [6.07, 6.45) is -6.93. The molecule has 0 bridgehead atoms. The Morgan fingerprint density at radius 3 is 1.00 bits per heavy atom. The molecule has 88 valence electrons. The summed E-state index contributed by atoms with van der Waals surface area (Å²) in [4.78, 5) is 0. The van der Waals surface area contributed by atoms with Crippen LogP contribution in [0.2, 0.25) is 0 Å². The average Bonchev–Trinajstić information content (AvgIpc) is 1.81. The van der Waals surface area contributed by atoms with E-state index in [1.807, 2.05) is 0 Å². The van der Waals surface area contributed by atoms with E-state index in [1.54, 1.807) is 0 Å². The van der Waals surface area contributed by atoms with Gasteiger partial charge in [-0.3, -0.25) is 0 Å². The molecule has 0 radical (unpaired) electrons. The summed E-state index contributed by atoms with van der Waals surface area (Å²) in [7, 11) is -8.43. The van der Waals surface area contributed by atoms with Crippen LogP contribution in [0.3, 0.4) is 0 Å². The van der Waals surface area contributed by atoms with Gasteiger partial charge in [-0.15, -0.1) is 0 Å². The molecule has 0 unspecified atom stereocenters. The number of hydrogen-bond donors (Lipinski definition) is 0. The first kappa shape index (κ1) is 13.7. The van der Waals surface area contributed by atoms with Gasteiger partial charge in [0.15, 0.2) is 0 Å². The van der Waals surface area contributed by atoms with E-state index in [-0.39, 0.29) is 0 Å². The first-order valence-corrected chi connectivity index (χ1v) is 4.27. The van der Waals surface area contributed by atoms with E-state index in [9.17, 15) is 43.3 Å². The van der Waals surface area contributed by atoms with Crippen molar-refractivity contribution in [3.05, 3.63) is 0 Å². The molecule has 0 aromatic rings. The fourth-order valence-electron chi connectivity index (χ4n) is 0.356. The van der Waals surface area contributed by atoms with Gasteiger partial charge >= 0.3 is 69.3 Å². The van der Waals surface area contributed by atoms with Crippen LogP contribution in [0.4, 0.5) is 43.3 Å². The van der Waals surface area contributed by atoms with Crippen LogP contribution in [0.1, 0.15) is 0 Å². The molecule has 0 rings (SSSR count). The van der Waals surface area contributed by atoms with Crippen LogP contribution >= 0.6 is 8.19 Å². The van der Waals surface area contributed by atoms with Crippen molar-refractivity contribution in [3.63, 3.8) is 0 Å². The summed E-state index contributed by atoms with van der Waals surface area (Å²) < 4.78 is 114. The standard InChI is InChI=1S/C3HF10P/c4-1(5,2(6,7)8)3(9,10)14(11,12)13/h14H. The molecule has 0 fully saturated rings. The van der Waals surface area contributed by atoms with E-state index >= 15 is 0 Å². The number of hydrogen-bond acceptors (Lipinski definition) is 0. The normalized spacial score (nSPS) is 17.0. The van der Waals surface area contributed by atoms with E-state index in [4.69, 9.17) is 0 Å². The fraction of sp³-hybridized carbons (Fsp3) is 1.00. The minimum atomic E-state index is -8.43. The number of rotatable bonds is 2. The molecule has 0 nitrogen and oxygen atoms in total. The monoisotopic (exact) mass is 258 g/mol. The Hall–Kier alpha value is -0.270. The maximum absolute atomic E-state index is 11.7. The van der Waals surface area contributed by atoms with Gasteiger partial charge < -0.3 is 0 Å². The molecule has 0 spiro atoms. The molecular weight excluding hydrogens is 257 g/mol. The van der Waals surface area contributed by atoms with E-state index in [1.165, 1.54) is 0 Å². The van der Waals surface area contributed by atoms with E-state index in [0.717, 1.165) is 0 Å². The van der Waals surface area contributed by atoms with Crippen molar-refractivity contribution < 1.29 is 43.3 Å². The summed E-state index contributed by atoms with van der Waals surface area (Å²) in [5.74, 6) is -7.08. The molecule has 0 aromatic carbocycles. The predicted molar refractivity (Wildman–Crippen MR) is 27.6 cm³/mol. The van der Waals surface area contributed by atoms with Gasteiger partial charge in [0.1, 0.15) is 0 Å². The third-order valence-electron chi connectivity index (χ3n) is 1.11. The van der Waals surface area contributed by atoms with E-state index in [0.29, 0.717) is 0 Å². The number of alkyl halides is 7. The Morgan fingerprint density at radius 2 is 0.929 bits per heavy atom. The molecule has 11 heteroatoms. The van der Waals surface area contributed by atoms with Gasteiger partial charge in [0.05, 0.1) is 0 Å². The summed E-state index contributed by atoms with van der Waals surface area (Å²) in [5.41, 5.74) is -7.00. The van der Waals surface area contributed by atoms with Crippen LogP contribution in [-0.4, -0.2) is 17.8 Å². The molecule has 0 saturated carbocycles. The van der Waals surface area contributed by atoms with E-state index < -0.39 is 26.0 Å². The third kappa shape index (κ3) is 1.89. The first-order chi connectivity index (χ1) is 5.75. The second-order valence-electron chi connectivity index (χ2n) is 2.14. The topological polar surface area (TPSA) is 0 Å². The zero-order chi connectivity index (χ0) is 12.0. The molecule has 0 atom stereocenters. The summed E-state index contributed by atoms with van der Waals surface area (Å²) >= 11 is 0. The molecule has 0 amide bonds. The van der Waals surface area contributed by atoms with Crippen molar-refractivity contribution in [2.24, 2.45) is 0 Å². The van der Waals surface area contributed by atoms with Crippen molar-refractivity contribution >= 4 is 8.19 Å². The maximum atomic E-state index is 11.7. The predicted octanol–water partition coefficient (Wildman–Crippen LogP) is 4.18. The molecule has 0 aliphatic carbocycles. The molecule has 0 heterocycles. The molecule has 0 N–H and O–H groups in total. The van der Waals surface area contributed by atoms with Crippen molar-refractivity contribution in [1.29, 1.82) is 0 Å². The Balaban J connectivity index is 5.30. The Kier molecular flexibility index (Phi) is 3.05. The quantitative estimate of drug-likeness (QED) is 0.514. The van der Waals surface area contributed by atoms with Crippen LogP contribution in [0, 0.1) is 0 Å². The van der Waals surface area contributed by atoms with Gasteiger partial charge in [0.25, 0.3) is 0 Å². The molecular formula is C3HF10P. The van der Waals surface area contributed by atoms with Gasteiger partial charge in [0, 0.05) is 0 Å². The Bertz CT molecular complexity index is 184. The summed E-state index contributed by atoms with van der Waals surface area (Å²) in [6, 6.07) is 0. The molecule has 0 aliphatic rings. The van der Waals surface area contributed by atoms with Crippen LogP contribution in [0.25, 0.3) is 0 Å². The fourth-order valence-corrected chi connectivity index (χ4v) is 0.854. The van der Waals surface area contributed by atoms with Crippen LogP contribution in [0.15, 0.2) is 0 Å². The van der Waals surface area contributed by atoms with Crippen molar-refractivity contribution in [2.45, 2.75) is 17.8 Å². The number of halogens is 10. The first-order valence-electron chi connectivity index (χ1n) is 2.64. The molecule has 14 heavy (non-hydrogen) atoms. The minimum absolute atomic E-state index is 6.93. The SMILES string of the molecule is FC(F)(F)C(F)(F)C(F)(F)[PH](F)(F)F. The molecule has 0 aromatic heterocycles. The van der Waals surface area contributed by atoms with Crippen LogP contribution in [-0.2, 0) is 0 Å². The zero-order valence-electron chi connectivity index (χ0n) is 5.78. The Morgan fingerprint density at radius 1 is 0.643 bits per heavy atom. The second kappa shape index (κ2) is 3.11. The van der Waals surface area contributed by atoms with Crippen molar-refractivity contribution in [1.82, 2.24) is 0 Å². The van der Waals surface area contributed by atoms with Gasteiger partial charge in [-0.25, -0.2) is 0 Å². The van der Waals surface area contributed by atoms with Gasteiger partial charge in [0.2, 0.25) is 0 Å². The van der Waals surface area contributed by atoms with E-state index in [2.05, 4.69) is 0 Å². The summed E-state index contributed by atoms with van der Waals surface area (Å²) in [5, 5.41) is 0. The third-order valence-corrected chi connectivity index (χ3v) is 2.13. The van der Waals surface area contributed by atoms with Crippen molar-refractivity contribution in [2.75, 3.05) is 0 Å². The Labute approximate surface area is 70.6 Å². The average molecular weight is 258 g/mol. The summed E-state index contributed by atoms with van der Waals surface area (Å²) in [6.45, 7) is 0. The second-order valence-corrected chi connectivity index (χ2v) is 3.77.